The number of nitrogens with zero attached hydrogens (tertiary/aromatic N) is 1. The van der Waals surface area contributed by atoms with Gasteiger partial charge in [-0.3, -0.25) is 0 Å². The Bertz CT molecular complexity index is 908. The smallest absolute Gasteiger partial charge is 0.405 e. The first-order valence-corrected chi connectivity index (χ1v) is 10.7. The number of hydrogen-bond donors (Lipinski definition) is 0. The summed E-state index contributed by atoms with van der Waals surface area (Å²) in [5.74, 6) is 0.175. The van der Waals surface area contributed by atoms with Crippen molar-refractivity contribution in [2.45, 2.75) is 69.3 Å². The first kappa shape index (κ1) is 20.8. The molecule has 6 nitrogen and oxygen atoms in total. The predicted octanol–water partition coefficient (Wildman–Crippen LogP) is 5.32. The minimum Gasteiger partial charge on any atom is -0.405 e. The number of aromatic nitrogens is 1. The number of ether oxygens (including phenoxy) is 4. The zero-order valence-electron chi connectivity index (χ0n) is 17.0. The van der Waals surface area contributed by atoms with Crippen LogP contribution in [0.4, 0.5) is 13.2 Å². The molecule has 31 heavy (non-hydrogen) atoms. The Hall–Kier alpha value is -2.10. The molecule has 2 saturated carbocycles. The molecule has 2 aliphatic carbocycles. The van der Waals surface area contributed by atoms with Crippen molar-refractivity contribution in [1.82, 2.24) is 5.16 Å². The van der Waals surface area contributed by atoms with E-state index in [1.807, 2.05) is 0 Å². The van der Waals surface area contributed by atoms with Crippen LogP contribution in [0.5, 0.6) is 5.75 Å². The molecule has 3 fully saturated rings. The second kappa shape index (κ2) is 8.11. The monoisotopic (exact) mass is 439 g/mol. The van der Waals surface area contributed by atoms with Gasteiger partial charge in [0.1, 0.15) is 17.2 Å². The van der Waals surface area contributed by atoms with Gasteiger partial charge in [-0.25, -0.2) is 0 Å². The summed E-state index contributed by atoms with van der Waals surface area (Å²) >= 11 is 0. The number of rotatable bonds is 6. The fourth-order valence-electron chi connectivity index (χ4n) is 4.40. The second-order valence-electron chi connectivity index (χ2n) is 8.31. The summed E-state index contributed by atoms with van der Waals surface area (Å²) in [5, 5.41) is 4.12. The Morgan fingerprint density at radius 3 is 2.42 bits per heavy atom. The van der Waals surface area contributed by atoms with E-state index in [4.69, 9.17) is 18.7 Å². The summed E-state index contributed by atoms with van der Waals surface area (Å²) < 4.78 is 66.2. The maximum absolute atomic E-state index is 12.9. The van der Waals surface area contributed by atoms with Crippen molar-refractivity contribution in [3.05, 3.63) is 35.6 Å². The highest BCUT2D eigenvalue weighted by Crippen LogP contribution is 2.46. The molecule has 9 heteroatoms. The lowest BCUT2D eigenvalue weighted by Crippen LogP contribution is -2.37. The zero-order valence-corrected chi connectivity index (χ0v) is 17.0. The predicted molar refractivity (Wildman–Crippen MR) is 102 cm³/mol. The summed E-state index contributed by atoms with van der Waals surface area (Å²) in [4.78, 5) is 0. The van der Waals surface area contributed by atoms with Crippen LogP contribution in [0.25, 0.3) is 11.3 Å². The maximum atomic E-state index is 12.9. The molecule has 1 aromatic heterocycles. The summed E-state index contributed by atoms with van der Waals surface area (Å²) in [6.07, 6.45) is 0.317. The van der Waals surface area contributed by atoms with Gasteiger partial charge in [-0.1, -0.05) is 17.3 Å². The number of benzene rings is 1. The van der Waals surface area contributed by atoms with Crippen LogP contribution in [-0.2, 0) is 20.8 Å². The summed E-state index contributed by atoms with van der Waals surface area (Å²) in [6, 6.07) is 5.98. The molecule has 0 atom stereocenters. The van der Waals surface area contributed by atoms with Gasteiger partial charge in [0.05, 0.1) is 25.9 Å². The number of alkyl halides is 3. The highest BCUT2D eigenvalue weighted by Gasteiger charge is 2.41. The SMILES string of the molecule is FC(F)(F)Oc1ccccc1-c1noc(C2CC2)c1COC1CCC2(CC1)OCCO2. The molecular formula is C22H24F3NO5. The first-order chi connectivity index (χ1) is 14.9. The van der Waals surface area contributed by atoms with Crippen LogP contribution in [0.15, 0.2) is 28.8 Å². The van der Waals surface area contributed by atoms with Crippen LogP contribution in [-0.4, -0.2) is 36.6 Å². The van der Waals surface area contributed by atoms with E-state index in [1.165, 1.54) is 12.1 Å². The van der Waals surface area contributed by atoms with E-state index in [1.54, 1.807) is 12.1 Å². The van der Waals surface area contributed by atoms with Crippen molar-refractivity contribution in [2.75, 3.05) is 13.2 Å². The zero-order chi connectivity index (χ0) is 21.5. The van der Waals surface area contributed by atoms with E-state index in [0.29, 0.717) is 30.2 Å². The fourth-order valence-corrected chi connectivity index (χ4v) is 4.40. The molecule has 2 heterocycles. The standard InChI is InChI=1S/C22H24F3NO5/c23-22(24,25)30-18-4-2-1-3-16(18)19-17(20(31-26-19)14-5-6-14)13-27-15-7-9-21(10-8-15)28-11-12-29-21/h1-4,14-15H,5-13H2. The Morgan fingerprint density at radius 2 is 1.74 bits per heavy atom. The summed E-state index contributed by atoms with van der Waals surface area (Å²) in [6.45, 7) is 1.48. The average Bonchev–Trinajstić information content (AvgIpc) is 3.34. The molecule has 168 valence electrons. The molecule has 0 bridgehead atoms. The molecule has 2 aromatic rings. The molecule has 0 radical (unpaired) electrons. The molecule has 1 saturated heterocycles. The van der Waals surface area contributed by atoms with E-state index >= 15 is 0 Å². The average molecular weight is 439 g/mol. The lowest BCUT2D eigenvalue weighted by atomic mass is 9.91. The Morgan fingerprint density at radius 1 is 1.03 bits per heavy atom. The van der Waals surface area contributed by atoms with Crippen LogP contribution in [0.1, 0.15) is 55.8 Å². The molecule has 0 N–H and O–H groups in total. The maximum Gasteiger partial charge on any atom is 0.573 e. The molecule has 1 spiro atoms. The van der Waals surface area contributed by atoms with Crippen molar-refractivity contribution in [2.24, 2.45) is 0 Å². The third kappa shape index (κ3) is 4.58. The van der Waals surface area contributed by atoms with Crippen molar-refractivity contribution in [1.29, 1.82) is 0 Å². The quantitative estimate of drug-likeness (QED) is 0.607. The molecule has 0 amide bonds. The molecule has 5 rings (SSSR count). The van der Waals surface area contributed by atoms with E-state index < -0.39 is 12.1 Å². The van der Waals surface area contributed by atoms with Crippen LogP contribution in [0.2, 0.25) is 0 Å². The minimum absolute atomic E-state index is 0.0231. The van der Waals surface area contributed by atoms with Crippen molar-refractivity contribution in [3.63, 3.8) is 0 Å². The number of para-hydroxylation sites is 1. The van der Waals surface area contributed by atoms with Gasteiger partial charge in [-0.15, -0.1) is 13.2 Å². The third-order valence-electron chi connectivity index (χ3n) is 6.11. The van der Waals surface area contributed by atoms with Gasteiger partial charge < -0.3 is 23.5 Å². The molecule has 3 aliphatic rings. The van der Waals surface area contributed by atoms with Gasteiger partial charge in [0, 0.05) is 29.9 Å². The lowest BCUT2D eigenvalue weighted by molar-refractivity contribution is -0.274. The first-order valence-electron chi connectivity index (χ1n) is 10.7. The fraction of sp³-hybridized carbons (Fsp3) is 0.591. The lowest BCUT2D eigenvalue weighted by Gasteiger charge is -2.35. The van der Waals surface area contributed by atoms with E-state index in [9.17, 15) is 13.2 Å². The topological polar surface area (TPSA) is 63.0 Å². The summed E-state index contributed by atoms with van der Waals surface area (Å²) in [5.41, 5.74) is 1.29. The van der Waals surface area contributed by atoms with Gasteiger partial charge >= 0.3 is 6.36 Å². The van der Waals surface area contributed by atoms with Crippen molar-refractivity contribution < 1.29 is 36.6 Å². The Labute approximate surface area is 177 Å². The van der Waals surface area contributed by atoms with Gasteiger partial charge in [0.15, 0.2) is 5.79 Å². The molecular weight excluding hydrogens is 415 g/mol. The summed E-state index contributed by atoms with van der Waals surface area (Å²) in [7, 11) is 0. The third-order valence-corrected chi connectivity index (χ3v) is 6.11. The van der Waals surface area contributed by atoms with Crippen molar-refractivity contribution in [3.8, 4) is 17.0 Å². The van der Waals surface area contributed by atoms with Gasteiger partial charge in [0.25, 0.3) is 0 Å². The van der Waals surface area contributed by atoms with Crippen LogP contribution in [0, 0.1) is 0 Å². The normalized spacial score (nSPS) is 21.6. The largest absolute Gasteiger partial charge is 0.573 e. The number of hydrogen-bond acceptors (Lipinski definition) is 6. The second-order valence-corrected chi connectivity index (χ2v) is 8.31. The van der Waals surface area contributed by atoms with Crippen LogP contribution in [0.3, 0.4) is 0 Å². The van der Waals surface area contributed by atoms with Gasteiger partial charge in [-0.2, -0.15) is 0 Å². The highest BCUT2D eigenvalue weighted by molar-refractivity contribution is 5.70. The minimum atomic E-state index is -4.79. The van der Waals surface area contributed by atoms with Gasteiger partial charge in [0.2, 0.25) is 0 Å². The van der Waals surface area contributed by atoms with E-state index in [2.05, 4.69) is 9.89 Å². The molecule has 1 aliphatic heterocycles. The Balaban J connectivity index is 1.34. The van der Waals surface area contributed by atoms with Crippen LogP contribution < -0.4 is 4.74 Å². The van der Waals surface area contributed by atoms with E-state index in [0.717, 1.165) is 38.5 Å². The Kier molecular flexibility index (Phi) is 5.44. The van der Waals surface area contributed by atoms with Crippen LogP contribution >= 0.6 is 0 Å². The van der Waals surface area contributed by atoms with Gasteiger partial charge in [-0.05, 0) is 37.8 Å². The molecule has 0 unspecified atom stereocenters. The number of halogens is 3. The van der Waals surface area contributed by atoms with Crippen molar-refractivity contribution >= 4 is 0 Å². The molecule has 1 aromatic carbocycles. The highest BCUT2D eigenvalue weighted by atomic mass is 19.4. The van der Waals surface area contributed by atoms with E-state index in [-0.39, 0.29) is 29.9 Å².